The predicted octanol–water partition coefficient (Wildman–Crippen LogP) is 2.79. The normalized spacial score (nSPS) is 14.4. The molecular formula is C22H17FN4O2. The van der Waals surface area contributed by atoms with E-state index in [2.05, 4.69) is 10.3 Å². The highest BCUT2D eigenvalue weighted by atomic mass is 19.1. The Morgan fingerprint density at radius 2 is 1.86 bits per heavy atom. The third-order valence-corrected chi connectivity index (χ3v) is 5.27. The van der Waals surface area contributed by atoms with Gasteiger partial charge in [-0.2, -0.15) is 0 Å². The summed E-state index contributed by atoms with van der Waals surface area (Å²) in [5.41, 5.74) is 9.15. The van der Waals surface area contributed by atoms with Crippen molar-refractivity contribution in [2.45, 2.75) is 6.42 Å². The highest BCUT2D eigenvalue weighted by Crippen LogP contribution is 2.35. The summed E-state index contributed by atoms with van der Waals surface area (Å²) >= 11 is 0. The van der Waals surface area contributed by atoms with Crippen LogP contribution < -0.4 is 11.1 Å². The molecule has 7 heteroatoms. The molecule has 144 valence electrons. The maximum Gasteiger partial charge on any atom is 0.275 e. The van der Waals surface area contributed by atoms with Crippen molar-refractivity contribution in [2.24, 2.45) is 5.73 Å². The summed E-state index contributed by atoms with van der Waals surface area (Å²) in [5, 5.41) is 3.90. The number of H-pyrrole nitrogens is 1. The molecule has 0 saturated carbocycles. The second-order valence-electron chi connectivity index (χ2n) is 6.98. The lowest BCUT2D eigenvalue weighted by Crippen LogP contribution is -2.23. The minimum absolute atomic E-state index is 0.215. The Labute approximate surface area is 164 Å². The first-order valence-corrected chi connectivity index (χ1v) is 9.25. The van der Waals surface area contributed by atoms with E-state index in [4.69, 9.17) is 5.73 Å². The minimum atomic E-state index is -0.506. The average Bonchev–Trinajstić information content (AvgIpc) is 3.35. The molecule has 0 saturated heterocycles. The summed E-state index contributed by atoms with van der Waals surface area (Å²) in [6.45, 7) is 0.465. The number of amides is 2. The first kappa shape index (κ1) is 17.4. The Morgan fingerprint density at radius 3 is 2.69 bits per heavy atom. The number of nitrogens with zero attached hydrogens (tertiary/aromatic N) is 1. The van der Waals surface area contributed by atoms with Gasteiger partial charge >= 0.3 is 0 Å². The van der Waals surface area contributed by atoms with Crippen LogP contribution in [-0.4, -0.2) is 27.9 Å². The van der Waals surface area contributed by atoms with Crippen LogP contribution in [-0.2, 0) is 16.0 Å². The largest absolute Gasteiger partial charge is 0.361 e. The van der Waals surface area contributed by atoms with Crippen LogP contribution in [0.15, 0.2) is 54.9 Å². The number of carbonyl (C=O) groups excluding carboxylic acids is 2. The molecule has 1 aliphatic rings. The van der Waals surface area contributed by atoms with Crippen molar-refractivity contribution < 1.29 is 14.0 Å². The Morgan fingerprint density at radius 1 is 1.03 bits per heavy atom. The standard InChI is InChI=1S/C22H17FN4O2/c23-13-5-6-17-15(9-13)16(10-25-17)19-20(22(29)26-21(19)28)27-11-12(7-8-24)14-3-1-2-4-18(14)27/h1-6,9-11,25H,7-8,24H2,(H,26,28,29). The second kappa shape index (κ2) is 6.42. The molecule has 3 heterocycles. The molecule has 0 aliphatic carbocycles. The van der Waals surface area contributed by atoms with E-state index in [0.29, 0.717) is 29.4 Å². The second-order valence-corrected chi connectivity index (χ2v) is 6.98. The van der Waals surface area contributed by atoms with Gasteiger partial charge in [0.1, 0.15) is 11.5 Å². The molecule has 0 radical (unpaired) electrons. The molecule has 0 atom stereocenters. The van der Waals surface area contributed by atoms with Gasteiger partial charge < -0.3 is 15.3 Å². The van der Waals surface area contributed by atoms with Crippen LogP contribution in [0.4, 0.5) is 4.39 Å². The minimum Gasteiger partial charge on any atom is -0.361 e. The molecule has 5 rings (SSSR count). The molecule has 2 aromatic heterocycles. The zero-order chi connectivity index (χ0) is 20.1. The lowest BCUT2D eigenvalue weighted by Gasteiger charge is -2.07. The van der Waals surface area contributed by atoms with Crippen molar-refractivity contribution in [1.82, 2.24) is 14.9 Å². The molecule has 0 bridgehead atoms. The maximum absolute atomic E-state index is 13.9. The molecule has 0 fully saturated rings. The summed E-state index contributed by atoms with van der Waals surface area (Å²) in [6.07, 6.45) is 4.12. The molecule has 4 N–H and O–H groups in total. The molecule has 2 amide bonds. The highest BCUT2D eigenvalue weighted by molar-refractivity contribution is 6.47. The molecule has 2 aromatic carbocycles. The summed E-state index contributed by atoms with van der Waals surface area (Å²) in [7, 11) is 0. The molecule has 4 aromatic rings. The maximum atomic E-state index is 13.9. The Bertz CT molecular complexity index is 1350. The van der Waals surface area contributed by atoms with Gasteiger partial charge in [-0.3, -0.25) is 14.9 Å². The lowest BCUT2D eigenvalue weighted by molar-refractivity contribution is -0.122. The zero-order valence-electron chi connectivity index (χ0n) is 15.3. The van der Waals surface area contributed by atoms with E-state index in [0.717, 1.165) is 16.5 Å². The van der Waals surface area contributed by atoms with Crippen LogP contribution >= 0.6 is 0 Å². The molecule has 1 aliphatic heterocycles. The first-order chi connectivity index (χ1) is 14.1. The van der Waals surface area contributed by atoms with E-state index in [1.807, 2.05) is 30.5 Å². The molecule has 0 spiro atoms. The smallest absolute Gasteiger partial charge is 0.275 e. The van der Waals surface area contributed by atoms with Crippen molar-refractivity contribution in [3.05, 3.63) is 71.8 Å². The third kappa shape index (κ3) is 2.59. The van der Waals surface area contributed by atoms with Crippen LogP contribution in [0.3, 0.4) is 0 Å². The zero-order valence-corrected chi connectivity index (χ0v) is 15.3. The number of nitrogens with one attached hydrogen (secondary N) is 2. The van der Waals surface area contributed by atoms with Crippen LogP contribution in [0.2, 0.25) is 0 Å². The van der Waals surface area contributed by atoms with Gasteiger partial charge in [0.05, 0.1) is 11.1 Å². The van der Waals surface area contributed by atoms with Gasteiger partial charge in [0.2, 0.25) is 0 Å². The molecule has 29 heavy (non-hydrogen) atoms. The summed E-state index contributed by atoms with van der Waals surface area (Å²) in [6, 6.07) is 12.0. The van der Waals surface area contributed by atoms with E-state index in [9.17, 15) is 14.0 Å². The lowest BCUT2D eigenvalue weighted by atomic mass is 10.0. The number of fused-ring (bicyclic) bond motifs is 2. The van der Waals surface area contributed by atoms with Crippen LogP contribution in [0.5, 0.6) is 0 Å². The number of hydrogen-bond donors (Lipinski definition) is 3. The number of rotatable bonds is 4. The van der Waals surface area contributed by atoms with Crippen molar-refractivity contribution in [1.29, 1.82) is 0 Å². The number of hydrogen-bond acceptors (Lipinski definition) is 3. The van der Waals surface area contributed by atoms with E-state index < -0.39 is 17.6 Å². The number of aromatic nitrogens is 2. The molecule has 0 unspecified atom stereocenters. The fourth-order valence-electron chi connectivity index (χ4n) is 4.02. The van der Waals surface area contributed by atoms with Gasteiger partial charge in [0.15, 0.2) is 0 Å². The number of aromatic amines is 1. The van der Waals surface area contributed by atoms with Crippen LogP contribution in [0.1, 0.15) is 11.1 Å². The van der Waals surface area contributed by atoms with Crippen molar-refractivity contribution in [3.63, 3.8) is 0 Å². The van der Waals surface area contributed by atoms with Gasteiger partial charge in [-0.25, -0.2) is 4.39 Å². The average molecular weight is 388 g/mol. The number of para-hydroxylation sites is 1. The van der Waals surface area contributed by atoms with Gasteiger partial charge in [-0.05, 0) is 42.8 Å². The number of halogens is 1. The molecule has 6 nitrogen and oxygen atoms in total. The van der Waals surface area contributed by atoms with Crippen molar-refractivity contribution >= 4 is 44.9 Å². The fourth-order valence-corrected chi connectivity index (χ4v) is 4.02. The topological polar surface area (TPSA) is 92.9 Å². The van der Waals surface area contributed by atoms with E-state index in [1.165, 1.54) is 12.1 Å². The van der Waals surface area contributed by atoms with Crippen LogP contribution in [0, 0.1) is 5.82 Å². The predicted molar refractivity (Wildman–Crippen MR) is 109 cm³/mol. The van der Waals surface area contributed by atoms with Crippen LogP contribution in [0.25, 0.3) is 33.1 Å². The Kier molecular flexibility index (Phi) is 3.85. The Hall–Kier alpha value is -3.71. The number of carbonyl (C=O) groups is 2. The highest BCUT2D eigenvalue weighted by Gasteiger charge is 2.34. The summed E-state index contributed by atoms with van der Waals surface area (Å²) in [4.78, 5) is 28.6. The van der Waals surface area contributed by atoms with Gasteiger partial charge in [0.25, 0.3) is 11.8 Å². The number of imide groups is 1. The third-order valence-electron chi connectivity index (χ3n) is 5.27. The summed E-state index contributed by atoms with van der Waals surface area (Å²) in [5.74, 6) is -1.41. The number of nitrogens with two attached hydrogens (primary N) is 1. The monoisotopic (exact) mass is 388 g/mol. The first-order valence-electron chi connectivity index (χ1n) is 9.25. The van der Waals surface area contributed by atoms with Gasteiger partial charge in [-0.1, -0.05) is 18.2 Å². The van der Waals surface area contributed by atoms with Gasteiger partial charge in [-0.15, -0.1) is 0 Å². The van der Waals surface area contributed by atoms with E-state index in [-0.39, 0.29) is 11.3 Å². The van der Waals surface area contributed by atoms with Crippen molar-refractivity contribution in [2.75, 3.05) is 6.54 Å². The Balaban J connectivity index is 1.83. The van der Waals surface area contributed by atoms with Gasteiger partial charge in [0, 0.05) is 34.2 Å². The fraction of sp³-hybridized carbons (Fsp3) is 0.0909. The van der Waals surface area contributed by atoms with E-state index >= 15 is 0 Å². The quantitative estimate of drug-likeness (QED) is 0.470. The molecular weight excluding hydrogens is 371 g/mol. The SMILES string of the molecule is NCCc1cn(C2=C(c3c[nH]c4ccc(F)cc34)C(=O)NC2=O)c2ccccc12. The van der Waals surface area contributed by atoms with Crippen molar-refractivity contribution in [3.8, 4) is 0 Å². The summed E-state index contributed by atoms with van der Waals surface area (Å²) < 4.78 is 15.6. The van der Waals surface area contributed by atoms with E-state index in [1.54, 1.807) is 16.8 Å². The number of benzene rings is 2.